The van der Waals surface area contributed by atoms with Crippen molar-refractivity contribution >= 4 is 60.1 Å². The molecule has 0 spiro atoms. The third kappa shape index (κ3) is 6.26. The van der Waals surface area contributed by atoms with Gasteiger partial charge in [0.2, 0.25) is 5.91 Å². The summed E-state index contributed by atoms with van der Waals surface area (Å²) in [7, 11) is -1.99. The Kier molecular flexibility index (Phi) is 9.45. The van der Waals surface area contributed by atoms with Crippen molar-refractivity contribution < 1.29 is 23.9 Å². The summed E-state index contributed by atoms with van der Waals surface area (Å²) in [5, 5.41) is 16.5. The fourth-order valence-corrected chi connectivity index (χ4v) is 7.37. The predicted molar refractivity (Wildman–Crippen MR) is 176 cm³/mol. The van der Waals surface area contributed by atoms with Gasteiger partial charge < -0.3 is 23.7 Å². The number of hydrogen-bond acceptors (Lipinski definition) is 5. The Labute approximate surface area is 269 Å². The summed E-state index contributed by atoms with van der Waals surface area (Å²) in [6.07, 6.45) is 5.94. The molecule has 5 rings (SSSR count). The first kappa shape index (κ1) is 32.8. The number of fused-ring (bicyclic) bond motifs is 3. The summed E-state index contributed by atoms with van der Waals surface area (Å²) in [6.45, 7) is 15.2. The van der Waals surface area contributed by atoms with Crippen LogP contribution in [0.2, 0.25) is 28.2 Å². The Morgan fingerprint density at radius 2 is 1.98 bits per heavy atom. The Balaban J connectivity index is 1.62. The van der Waals surface area contributed by atoms with Gasteiger partial charge in [0.1, 0.15) is 6.23 Å². The summed E-state index contributed by atoms with van der Waals surface area (Å²) in [5.74, 6) is -0.0306. The van der Waals surface area contributed by atoms with E-state index in [0.29, 0.717) is 60.9 Å². The van der Waals surface area contributed by atoms with E-state index in [1.54, 1.807) is 24.1 Å². The minimum Gasteiger partial charge on any atom is -0.465 e. The van der Waals surface area contributed by atoms with Gasteiger partial charge >= 0.3 is 6.09 Å². The number of carbonyl (C=O) groups excluding carboxylic acids is 1. The first-order valence-corrected chi connectivity index (χ1v) is 19.0. The van der Waals surface area contributed by atoms with E-state index in [-0.39, 0.29) is 28.7 Å². The number of nitrogens with zero attached hydrogens (tertiary/aromatic N) is 5. The summed E-state index contributed by atoms with van der Waals surface area (Å²) < 4.78 is 16.2. The molecule has 2 amide bonds. The molecule has 13 heteroatoms. The van der Waals surface area contributed by atoms with Crippen LogP contribution in [0, 0.1) is 0 Å². The molecular formula is C31H43Cl2N5O5Si. The molecule has 3 aromatic rings. The van der Waals surface area contributed by atoms with Crippen LogP contribution >= 0.6 is 23.2 Å². The molecule has 0 aliphatic carbocycles. The van der Waals surface area contributed by atoms with Crippen LogP contribution in [0.25, 0.3) is 22.0 Å². The monoisotopic (exact) mass is 663 g/mol. The van der Waals surface area contributed by atoms with Crippen LogP contribution in [0.4, 0.5) is 10.5 Å². The van der Waals surface area contributed by atoms with Gasteiger partial charge in [-0.2, -0.15) is 5.10 Å². The smallest absolute Gasteiger partial charge is 0.411 e. The fourth-order valence-electron chi connectivity index (χ4n) is 5.84. The lowest BCUT2D eigenvalue weighted by molar-refractivity contribution is -0.130. The average molecular weight is 665 g/mol. The average Bonchev–Trinajstić information content (AvgIpc) is 3.57. The van der Waals surface area contributed by atoms with E-state index in [0.717, 1.165) is 36.1 Å². The van der Waals surface area contributed by atoms with E-state index in [2.05, 4.69) is 43.5 Å². The topological polar surface area (TPSA) is 102 Å². The van der Waals surface area contributed by atoms with E-state index in [4.69, 9.17) is 32.4 Å². The number of carboxylic acid groups (broad SMARTS) is 1. The van der Waals surface area contributed by atoms with Crippen molar-refractivity contribution in [3.05, 3.63) is 34.2 Å². The number of anilines is 1. The normalized spacial score (nSPS) is 17.6. The maximum absolute atomic E-state index is 12.9. The molecule has 1 aromatic carbocycles. The highest BCUT2D eigenvalue weighted by molar-refractivity contribution is 6.74. The Morgan fingerprint density at radius 3 is 2.61 bits per heavy atom. The molecule has 44 heavy (non-hydrogen) atoms. The van der Waals surface area contributed by atoms with Gasteiger partial charge in [-0.1, -0.05) is 44.0 Å². The number of rotatable bonds is 8. The van der Waals surface area contributed by atoms with Gasteiger partial charge in [-0.25, -0.2) is 9.48 Å². The molecule has 1 fully saturated rings. The molecule has 0 bridgehead atoms. The molecule has 4 heterocycles. The van der Waals surface area contributed by atoms with Crippen molar-refractivity contribution in [2.75, 3.05) is 31.2 Å². The second kappa shape index (κ2) is 12.7. The summed E-state index contributed by atoms with van der Waals surface area (Å²) in [4.78, 5) is 28.5. The van der Waals surface area contributed by atoms with Gasteiger partial charge in [-0.05, 0) is 49.9 Å². The molecule has 1 unspecified atom stereocenters. The quantitative estimate of drug-likeness (QED) is 0.195. The molecule has 0 saturated carbocycles. The fraction of sp³-hybridized carbons (Fsp3) is 0.581. The van der Waals surface area contributed by atoms with Crippen LogP contribution in [0.5, 0.6) is 0 Å². The number of carbonyl (C=O) groups is 2. The minimum absolute atomic E-state index is 0.0306. The largest absolute Gasteiger partial charge is 0.465 e. The zero-order chi connectivity index (χ0) is 32.0. The molecule has 1 atom stereocenters. The third-order valence-corrected chi connectivity index (χ3v) is 14.7. The molecule has 1 N–H and O–H groups in total. The SMILES string of the molecule is CC(=O)N1CCn2c(c(-c3cnn(C4CCCCO4)c3)c3c(N(CCCO[Si](C)(C)C(C)(C)C)C(=O)O)cc(Cl)c(Cl)c32)C1. The Bertz CT molecular complexity index is 1560. The Hall–Kier alpha value is -2.57. The number of benzene rings is 1. The van der Waals surface area contributed by atoms with Gasteiger partial charge in [0.05, 0.1) is 34.0 Å². The molecule has 0 radical (unpaired) electrons. The van der Waals surface area contributed by atoms with Crippen molar-refractivity contribution in [3.8, 4) is 11.1 Å². The van der Waals surface area contributed by atoms with Gasteiger partial charge in [0.15, 0.2) is 8.32 Å². The van der Waals surface area contributed by atoms with Crippen molar-refractivity contribution in [3.63, 3.8) is 0 Å². The first-order chi connectivity index (χ1) is 20.7. The van der Waals surface area contributed by atoms with Crippen molar-refractivity contribution in [2.45, 2.75) is 90.8 Å². The number of hydrogen-bond donors (Lipinski definition) is 1. The van der Waals surface area contributed by atoms with Crippen molar-refractivity contribution in [2.24, 2.45) is 0 Å². The zero-order valence-corrected chi connectivity index (χ0v) is 29.0. The molecule has 2 aliphatic heterocycles. The number of halogens is 2. The van der Waals surface area contributed by atoms with Crippen LogP contribution in [-0.2, 0) is 27.0 Å². The van der Waals surface area contributed by atoms with E-state index < -0.39 is 14.4 Å². The van der Waals surface area contributed by atoms with Gasteiger partial charge in [0, 0.05) is 68.2 Å². The lowest BCUT2D eigenvalue weighted by atomic mass is 10.0. The standard InChI is InChI=1S/C31H43Cl2N5O5Si/c1-20(39)35-12-13-36-24(19-35)26(21-17-34-38(18-21)25-10-7-8-14-42-25)27-23(16-22(32)28(33)29(27)36)37(30(40)41)11-9-15-43-44(5,6)31(2,3)4/h16-18,25H,7-15,19H2,1-6H3,(H,40,41). The van der Waals surface area contributed by atoms with Crippen LogP contribution in [0.15, 0.2) is 18.5 Å². The second-order valence-corrected chi connectivity index (χ2v) is 18.9. The molecule has 2 aliphatic rings. The number of aromatic nitrogens is 3. The van der Waals surface area contributed by atoms with Crippen LogP contribution in [-0.4, -0.2) is 71.0 Å². The zero-order valence-electron chi connectivity index (χ0n) is 26.5. The predicted octanol–water partition coefficient (Wildman–Crippen LogP) is 7.77. The van der Waals surface area contributed by atoms with Gasteiger partial charge in [0.25, 0.3) is 0 Å². The molecule has 1 saturated heterocycles. The molecule has 10 nitrogen and oxygen atoms in total. The summed E-state index contributed by atoms with van der Waals surface area (Å²) in [5.41, 5.74) is 3.57. The lowest BCUT2D eigenvalue weighted by Gasteiger charge is -2.36. The maximum Gasteiger partial charge on any atom is 0.411 e. The van der Waals surface area contributed by atoms with E-state index >= 15 is 0 Å². The van der Waals surface area contributed by atoms with E-state index in [1.807, 2.05) is 10.9 Å². The molecular weight excluding hydrogens is 621 g/mol. The Morgan fingerprint density at radius 1 is 1.23 bits per heavy atom. The van der Waals surface area contributed by atoms with Crippen LogP contribution < -0.4 is 4.90 Å². The number of amides is 2. The van der Waals surface area contributed by atoms with Crippen molar-refractivity contribution in [1.82, 2.24) is 19.2 Å². The van der Waals surface area contributed by atoms with Crippen LogP contribution in [0.1, 0.15) is 65.3 Å². The third-order valence-electron chi connectivity index (χ3n) is 9.35. The first-order valence-electron chi connectivity index (χ1n) is 15.3. The highest BCUT2D eigenvalue weighted by atomic mass is 35.5. The summed E-state index contributed by atoms with van der Waals surface area (Å²) >= 11 is 13.6. The molecule has 240 valence electrons. The lowest BCUT2D eigenvalue weighted by Crippen LogP contribution is -2.41. The molecule has 2 aromatic heterocycles. The second-order valence-electron chi connectivity index (χ2n) is 13.3. The van der Waals surface area contributed by atoms with E-state index in [1.165, 1.54) is 4.90 Å². The minimum atomic E-state index is -1.99. The van der Waals surface area contributed by atoms with Gasteiger partial charge in [-0.3, -0.25) is 9.69 Å². The van der Waals surface area contributed by atoms with E-state index in [9.17, 15) is 14.7 Å². The maximum atomic E-state index is 12.9. The van der Waals surface area contributed by atoms with Gasteiger partial charge in [-0.15, -0.1) is 0 Å². The van der Waals surface area contributed by atoms with Crippen LogP contribution in [0.3, 0.4) is 0 Å². The van der Waals surface area contributed by atoms with Crippen molar-refractivity contribution in [1.29, 1.82) is 0 Å². The highest BCUT2D eigenvalue weighted by Crippen LogP contribution is 2.47. The summed E-state index contributed by atoms with van der Waals surface area (Å²) in [6, 6.07) is 1.64. The number of ether oxygens (including phenoxy) is 1. The highest BCUT2D eigenvalue weighted by Gasteiger charge is 2.37.